The molecule has 1 unspecified atom stereocenters. The molecule has 1 N–H and O–H groups in total. The molecule has 51 valence electrons. The van der Waals surface area contributed by atoms with E-state index < -0.39 is 11.0 Å². The van der Waals surface area contributed by atoms with Gasteiger partial charge in [0.05, 0.1) is 5.04 Å². The highest BCUT2D eigenvalue weighted by atomic mass is 28.1. The molecular formula is C6H11O2Si. The number of hydrogen-bond donors (Lipinski definition) is 1. The minimum atomic E-state index is -0.811. The van der Waals surface area contributed by atoms with E-state index in [-0.39, 0.29) is 5.92 Å². The summed E-state index contributed by atoms with van der Waals surface area (Å²) in [6, 6.07) is 0. The Morgan fingerprint density at radius 1 is 1.67 bits per heavy atom. The van der Waals surface area contributed by atoms with Gasteiger partial charge in [-0.1, -0.05) is 20.8 Å². The van der Waals surface area contributed by atoms with Crippen molar-refractivity contribution in [3.63, 3.8) is 0 Å². The molecule has 2 nitrogen and oxygen atoms in total. The van der Waals surface area contributed by atoms with Gasteiger partial charge in [-0.2, -0.15) is 0 Å². The molecule has 3 heteroatoms. The van der Waals surface area contributed by atoms with Gasteiger partial charge in [0.15, 0.2) is 0 Å². The summed E-state index contributed by atoms with van der Waals surface area (Å²) in [4.78, 5) is 10.4. The summed E-state index contributed by atoms with van der Waals surface area (Å²) in [6.45, 7) is 5.37. The van der Waals surface area contributed by atoms with Crippen LogP contribution in [-0.4, -0.2) is 21.3 Å². The van der Waals surface area contributed by atoms with E-state index in [1.165, 1.54) is 0 Å². The van der Waals surface area contributed by atoms with Crippen molar-refractivity contribution in [2.24, 2.45) is 5.92 Å². The second-order valence-electron chi connectivity index (χ2n) is 2.66. The van der Waals surface area contributed by atoms with Gasteiger partial charge in [-0.3, -0.25) is 4.79 Å². The second kappa shape index (κ2) is 2.52. The van der Waals surface area contributed by atoms with Crippen molar-refractivity contribution < 1.29 is 9.90 Å². The molecule has 1 atom stereocenters. The Kier molecular flexibility index (Phi) is 2.43. The van der Waals surface area contributed by atoms with E-state index in [0.717, 1.165) is 0 Å². The van der Waals surface area contributed by atoms with Gasteiger partial charge in [-0.25, -0.2) is 0 Å². The zero-order chi connectivity index (χ0) is 7.65. The van der Waals surface area contributed by atoms with Crippen molar-refractivity contribution in [2.45, 2.75) is 25.8 Å². The summed E-state index contributed by atoms with van der Waals surface area (Å²) >= 11 is 0. The lowest BCUT2D eigenvalue weighted by atomic mass is 9.97. The zero-order valence-corrected chi connectivity index (χ0v) is 6.93. The maximum Gasteiger partial charge on any atom is 0.305 e. The lowest BCUT2D eigenvalue weighted by Gasteiger charge is -2.22. The number of rotatable bonds is 2. The molecular weight excluding hydrogens is 132 g/mol. The molecule has 0 aromatic rings. The minimum absolute atomic E-state index is 0.103. The Hall–Kier alpha value is -0.313. The van der Waals surface area contributed by atoms with Crippen LogP contribution in [0.1, 0.15) is 20.8 Å². The van der Waals surface area contributed by atoms with Gasteiger partial charge in [-0.15, -0.1) is 0 Å². The summed E-state index contributed by atoms with van der Waals surface area (Å²) in [5, 5.41) is 7.79. The van der Waals surface area contributed by atoms with Crippen molar-refractivity contribution in [2.75, 3.05) is 0 Å². The lowest BCUT2D eigenvalue weighted by Crippen LogP contribution is -2.25. The van der Waals surface area contributed by atoms with Crippen LogP contribution in [0.5, 0.6) is 0 Å². The molecule has 0 fully saturated rings. The highest BCUT2D eigenvalue weighted by molar-refractivity contribution is 6.26. The minimum Gasteiger partial charge on any atom is -0.481 e. The smallest absolute Gasteiger partial charge is 0.305 e. The first-order chi connectivity index (χ1) is 3.89. The van der Waals surface area contributed by atoms with Crippen LogP contribution in [0.15, 0.2) is 0 Å². The fourth-order valence-corrected chi connectivity index (χ4v) is 0.247. The SMILES string of the molecule is CC(C)C(C)([Si])C(=O)O. The Bertz CT molecular complexity index is 118. The van der Waals surface area contributed by atoms with Crippen LogP contribution in [-0.2, 0) is 4.79 Å². The molecule has 0 aliphatic carbocycles. The predicted octanol–water partition coefficient (Wildman–Crippen LogP) is 1.07. The number of aliphatic carboxylic acids is 1. The molecule has 0 amide bonds. The highest BCUT2D eigenvalue weighted by Gasteiger charge is 2.30. The molecule has 0 rings (SSSR count). The zero-order valence-electron chi connectivity index (χ0n) is 5.93. The summed E-state index contributed by atoms with van der Waals surface area (Å²) in [7, 11) is 3.16. The third-order valence-electron chi connectivity index (χ3n) is 1.60. The summed E-state index contributed by atoms with van der Waals surface area (Å²) < 4.78 is 0. The monoisotopic (exact) mass is 143 g/mol. The predicted molar refractivity (Wildman–Crippen MR) is 36.6 cm³/mol. The van der Waals surface area contributed by atoms with E-state index in [0.29, 0.717) is 0 Å². The van der Waals surface area contributed by atoms with Gasteiger partial charge >= 0.3 is 5.97 Å². The van der Waals surface area contributed by atoms with E-state index in [9.17, 15) is 4.79 Å². The van der Waals surface area contributed by atoms with Crippen LogP contribution >= 0.6 is 0 Å². The van der Waals surface area contributed by atoms with Crippen molar-refractivity contribution in [3.05, 3.63) is 0 Å². The van der Waals surface area contributed by atoms with E-state index in [4.69, 9.17) is 5.11 Å². The van der Waals surface area contributed by atoms with E-state index >= 15 is 0 Å². The van der Waals surface area contributed by atoms with Crippen LogP contribution in [0.3, 0.4) is 0 Å². The van der Waals surface area contributed by atoms with Crippen molar-refractivity contribution in [3.8, 4) is 0 Å². The third-order valence-corrected chi connectivity index (χ3v) is 2.39. The molecule has 0 saturated carbocycles. The van der Waals surface area contributed by atoms with Gasteiger partial charge in [-0.05, 0) is 5.92 Å². The molecule has 0 heterocycles. The average Bonchev–Trinajstić information content (AvgIpc) is 1.65. The molecule has 0 spiro atoms. The first-order valence-electron chi connectivity index (χ1n) is 2.87. The van der Waals surface area contributed by atoms with Crippen LogP contribution in [0.2, 0.25) is 5.04 Å². The Morgan fingerprint density at radius 2 is 2.00 bits per heavy atom. The van der Waals surface area contributed by atoms with Gasteiger partial charge in [0.2, 0.25) is 0 Å². The molecule has 0 aliphatic heterocycles. The largest absolute Gasteiger partial charge is 0.481 e. The van der Waals surface area contributed by atoms with Gasteiger partial charge in [0, 0.05) is 10.2 Å². The topological polar surface area (TPSA) is 37.3 Å². The molecule has 0 aromatic carbocycles. The van der Waals surface area contributed by atoms with Crippen molar-refractivity contribution in [1.29, 1.82) is 0 Å². The quantitative estimate of drug-likeness (QED) is 0.587. The average molecular weight is 143 g/mol. The molecule has 0 aromatic heterocycles. The third kappa shape index (κ3) is 1.82. The van der Waals surface area contributed by atoms with Gasteiger partial charge < -0.3 is 5.11 Å². The molecule has 3 radical (unpaired) electrons. The first-order valence-corrected chi connectivity index (χ1v) is 3.37. The number of carboxylic acids is 1. The molecule has 0 bridgehead atoms. The molecule has 0 saturated heterocycles. The van der Waals surface area contributed by atoms with Crippen molar-refractivity contribution >= 4 is 16.2 Å². The Morgan fingerprint density at radius 3 is 2.00 bits per heavy atom. The maximum atomic E-state index is 10.4. The Labute approximate surface area is 58.7 Å². The normalized spacial score (nSPS) is 17.4. The van der Waals surface area contributed by atoms with E-state index in [1.54, 1.807) is 6.92 Å². The van der Waals surface area contributed by atoms with E-state index in [1.807, 2.05) is 13.8 Å². The first kappa shape index (κ1) is 8.69. The summed E-state index contributed by atoms with van der Waals surface area (Å²) in [5.74, 6) is -0.708. The fraction of sp³-hybridized carbons (Fsp3) is 0.833. The standard InChI is InChI=1S/C6H11O2Si/c1-4(2)6(3,9)5(7)8/h4H,1-3H3,(H,7,8). The van der Waals surface area contributed by atoms with Crippen LogP contribution < -0.4 is 0 Å². The fourth-order valence-electron chi connectivity index (χ4n) is 0.247. The van der Waals surface area contributed by atoms with Crippen LogP contribution in [0.4, 0.5) is 0 Å². The summed E-state index contributed by atoms with van der Waals surface area (Å²) in [6.07, 6.45) is 0. The summed E-state index contributed by atoms with van der Waals surface area (Å²) in [5.41, 5.74) is 0. The number of carboxylic acid groups (broad SMARTS) is 1. The van der Waals surface area contributed by atoms with Crippen LogP contribution in [0, 0.1) is 5.92 Å². The highest BCUT2D eigenvalue weighted by Crippen LogP contribution is 2.30. The molecule has 9 heavy (non-hydrogen) atoms. The Balaban J connectivity index is 4.19. The van der Waals surface area contributed by atoms with Crippen LogP contribution in [0.25, 0.3) is 0 Å². The second-order valence-corrected chi connectivity index (χ2v) is 3.70. The lowest BCUT2D eigenvalue weighted by molar-refractivity contribution is -0.141. The van der Waals surface area contributed by atoms with Gasteiger partial charge in [0.1, 0.15) is 0 Å². The molecule has 0 aliphatic rings. The maximum absolute atomic E-state index is 10.4. The van der Waals surface area contributed by atoms with Gasteiger partial charge in [0.25, 0.3) is 0 Å². The number of carbonyl (C=O) groups is 1. The van der Waals surface area contributed by atoms with Crippen molar-refractivity contribution in [1.82, 2.24) is 0 Å². The number of hydrogen-bond acceptors (Lipinski definition) is 1. The van der Waals surface area contributed by atoms with E-state index in [2.05, 4.69) is 10.2 Å².